The van der Waals surface area contributed by atoms with E-state index in [1.54, 1.807) is 4.90 Å². The van der Waals surface area contributed by atoms with E-state index >= 15 is 0 Å². The van der Waals surface area contributed by atoms with Crippen LogP contribution in [0.4, 0.5) is 0 Å². The van der Waals surface area contributed by atoms with Crippen LogP contribution in [-0.2, 0) is 4.79 Å². The van der Waals surface area contributed by atoms with E-state index in [9.17, 15) is 4.79 Å². The first-order valence-electron chi connectivity index (χ1n) is 3.75. The zero-order valence-corrected chi connectivity index (χ0v) is 8.57. The van der Waals surface area contributed by atoms with Gasteiger partial charge in [-0.2, -0.15) is 25.3 Å². The minimum Gasteiger partial charge on any atom is -0.341 e. The zero-order valence-electron chi connectivity index (χ0n) is 6.79. The van der Waals surface area contributed by atoms with E-state index in [-0.39, 0.29) is 5.91 Å². The van der Waals surface area contributed by atoms with Gasteiger partial charge in [-0.1, -0.05) is 6.92 Å². The predicted octanol–water partition coefficient (Wildman–Crippen LogP) is 1.08. The zero-order chi connectivity index (χ0) is 8.69. The third-order valence-electron chi connectivity index (χ3n) is 1.39. The molecular weight excluding hydrogens is 178 g/mol. The van der Waals surface area contributed by atoms with Crippen LogP contribution in [0.5, 0.6) is 0 Å². The molecule has 0 aromatic carbocycles. The van der Waals surface area contributed by atoms with Gasteiger partial charge >= 0.3 is 0 Å². The molecule has 0 bridgehead atoms. The minimum atomic E-state index is 0.188. The largest absolute Gasteiger partial charge is 0.341 e. The van der Waals surface area contributed by atoms with E-state index in [2.05, 4.69) is 25.3 Å². The number of amides is 1. The molecule has 0 N–H and O–H groups in total. The summed E-state index contributed by atoms with van der Waals surface area (Å²) in [6.07, 6.45) is 0.571. The molecule has 0 spiro atoms. The van der Waals surface area contributed by atoms with Crippen molar-refractivity contribution in [1.82, 2.24) is 4.90 Å². The Balaban J connectivity index is 3.76. The van der Waals surface area contributed by atoms with Gasteiger partial charge in [-0.3, -0.25) is 4.79 Å². The lowest BCUT2D eigenvalue weighted by Crippen LogP contribution is -2.33. The Morgan fingerprint density at radius 1 is 1.27 bits per heavy atom. The lowest BCUT2D eigenvalue weighted by atomic mass is 10.4. The van der Waals surface area contributed by atoms with Crippen molar-refractivity contribution in [3.8, 4) is 0 Å². The average Bonchev–Trinajstić information content (AvgIpc) is 2.03. The van der Waals surface area contributed by atoms with Crippen LogP contribution in [0, 0.1) is 0 Å². The van der Waals surface area contributed by atoms with Gasteiger partial charge in [0.1, 0.15) is 0 Å². The van der Waals surface area contributed by atoms with Crippen molar-refractivity contribution in [3.63, 3.8) is 0 Å². The van der Waals surface area contributed by atoms with Crippen molar-refractivity contribution in [2.24, 2.45) is 0 Å². The van der Waals surface area contributed by atoms with E-state index in [1.165, 1.54) is 0 Å². The maximum Gasteiger partial charge on any atom is 0.222 e. The molecule has 1 amide bonds. The summed E-state index contributed by atoms with van der Waals surface area (Å²) in [5, 5.41) is 0. The SMILES string of the molecule is CCC(=O)N(CCS)CCS. The highest BCUT2D eigenvalue weighted by Crippen LogP contribution is 1.95. The maximum absolute atomic E-state index is 11.1. The van der Waals surface area contributed by atoms with Crippen LogP contribution in [0.15, 0.2) is 0 Å². The van der Waals surface area contributed by atoms with Crippen molar-refractivity contribution in [1.29, 1.82) is 0 Å². The van der Waals surface area contributed by atoms with Crippen LogP contribution >= 0.6 is 25.3 Å². The summed E-state index contributed by atoms with van der Waals surface area (Å²) in [5.41, 5.74) is 0. The fourth-order valence-corrected chi connectivity index (χ4v) is 1.31. The minimum absolute atomic E-state index is 0.188. The van der Waals surface area contributed by atoms with Crippen LogP contribution in [0.25, 0.3) is 0 Å². The summed E-state index contributed by atoms with van der Waals surface area (Å²) in [7, 11) is 0. The van der Waals surface area contributed by atoms with Gasteiger partial charge in [0.25, 0.3) is 0 Å². The van der Waals surface area contributed by atoms with Crippen molar-refractivity contribution >= 4 is 31.2 Å². The number of hydrogen-bond acceptors (Lipinski definition) is 3. The van der Waals surface area contributed by atoms with Gasteiger partial charge < -0.3 is 4.90 Å². The molecule has 4 heteroatoms. The molecule has 0 aromatic rings. The molecule has 66 valence electrons. The van der Waals surface area contributed by atoms with Crippen LogP contribution in [0.3, 0.4) is 0 Å². The van der Waals surface area contributed by atoms with E-state index in [4.69, 9.17) is 0 Å². The molecule has 0 aliphatic heterocycles. The quantitative estimate of drug-likeness (QED) is 0.626. The van der Waals surface area contributed by atoms with Crippen LogP contribution in [0.1, 0.15) is 13.3 Å². The summed E-state index contributed by atoms with van der Waals surface area (Å²) >= 11 is 8.13. The van der Waals surface area contributed by atoms with Crippen LogP contribution in [-0.4, -0.2) is 35.4 Å². The second-order valence-electron chi connectivity index (χ2n) is 2.18. The van der Waals surface area contributed by atoms with Gasteiger partial charge in [-0.05, 0) is 0 Å². The average molecular weight is 193 g/mol. The number of carbonyl (C=O) groups excluding carboxylic acids is 1. The van der Waals surface area contributed by atoms with Gasteiger partial charge in [0, 0.05) is 31.0 Å². The number of carbonyl (C=O) groups is 1. The molecule has 11 heavy (non-hydrogen) atoms. The molecule has 0 aliphatic carbocycles. The third kappa shape index (κ3) is 4.58. The molecule has 0 rings (SSSR count). The molecule has 0 aromatic heterocycles. The Morgan fingerprint density at radius 2 is 1.73 bits per heavy atom. The maximum atomic E-state index is 11.1. The fourth-order valence-electron chi connectivity index (χ4n) is 0.826. The highest BCUT2D eigenvalue weighted by molar-refractivity contribution is 7.80. The Kier molecular flexibility index (Phi) is 6.96. The summed E-state index contributed by atoms with van der Waals surface area (Å²) in [4.78, 5) is 12.9. The van der Waals surface area contributed by atoms with Gasteiger partial charge in [-0.25, -0.2) is 0 Å². The normalized spacial score (nSPS) is 9.73. The Hall–Kier alpha value is 0.170. The lowest BCUT2D eigenvalue weighted by Gasteiger charge is -2.19. The van der Waals surface area contributed by atoms with E-state index in [0.29, 0.717) is 6.42 Å². The van der Waals surface area contributed by atoms with E-state index in [0.717, 1.165) is 24.6 Å². The second kappa shape index (κ2) is 6.85. The highest BCUT2D eigenvalue weighted by Gasteiger charge is 2.07. The van der Waals surface area contributed by atoms with Crippen molar-refractivity contribution < 1.29 is 4.79 Å². The smallest absolute Gasteiger partial charge is 0.222 e. The first-order valence-corrected chi connectivity index (χ1v) is 5.02. The van der Waals surface area contributed by atoms with Crippen LogP contribution < -0.4 is 0 Å². The molecule has 0 saturated heterocycles. The van der Waals surface area contributed by atoms with Gasteiger partial charge in [0.05, 0.1) is 0 Å². The summed E-state index contributed by atoms with van der Waals surface area (Å²) in [6.45, 7) is 3.33. The first-order chi connectivity index (χ1) is 5.26. The summed E-state index contributed by atoms with van der Waals surface area (Å²) in [6, 6.07) is 0. The molecule has 2 nitrogen and oxygen atoms in total. The molecule has 0 atom stereocenters. The lowest BCUT2D eigenvalue weighted by molar-refractivity contribution is -0.130. The molecule has 0 radical (unpaired) electrons. The summed E-state index contributed by atoms with van der Waals surface area (Å²) < 4.78 is 0. The topological polar surface area (TPSA) is 20.3 Å². The Labute approximate surface area is 79.2 Å². The monoisotopic (exact) mass is 193 g/mol. The standard InChI is InChI=1S/C7H15NOS2/c1-2-7(9)8(3-5-10)4-6-11/h10-11H,2-6H2,1H3. The highest BCUT2D eigenvalue weighted by atomic mass is 32.1. The van der Waals surface area contributed by atoms with E-state index < -0.39 is 0 Å². The fraction of sp³-hybridized carbons (Fsp3) is 0.857. The molecular formula is C7H15NOS2. The number of rotatable bonds is 5. The van der Waals surface area contributed by atoms with Gasteiger partial charge in [0.2, 0.25) is 5.91 Å². The number of thiol groups is 2. The number of nitrogens with zero attached hydrogens (tertiary/aromatic N) is 1. The molecule has 0 saturated carbocycles. The summed E-state index contributed by atoms with van der Waals surface area (Å²) in [5.74, 6) is 1.63. The molecule has 0 aliphatic rings. The van der Waals surface area contributed by atoms with Crippen molar-refractivity contribution in [3.05, 3.63) is 0 Å². The molecule has 0 heterocycles. The third-order valence-corrected chi connectivity index (χ3v) is 1.79. The van der Waals surface area contributed by atoms with Crippen molar-refractivity contribution in [2.75, 3.05) is 24.6 Å². The van der Waals surface area contributed by atoms with Crippen LogP contribution in [0.2, 0.25) is 0 Å². The first kappa shape index (κ1) is 11.2. The molecule has 0 unspecified atom stereocenters. The molecule has 0 fully saturated rings. The van der Waals surface area contributed by atoms with E-state index in [1.807, 2.05) is 6.92 Å². The van der Waals surface area contributed by atoms with Gasteiger partial charge in [-0.15, -0.1) is 0 Å². The second-order valence-corrected chi connectivity index (χ2v) is 3.08. The Morgan fingerprint density at radius 3 is 2.00 bits per heavy atom. The van der Waals surface area contributed by atoms with Crippen molar-refractivity contribution in [2.45, 2.75) is 13.3 Å². The van der Waals surface area contributed by atoms with Gasteiger partial charge in [0.15, 0.2) is 0 Å². The Bertz CT molecular complexity index is 113. The predicted molar refractivity (Wildman–Crippen MR) is 54.6 cm³/mol. The number of hydrogen-bond donors (Lipinski definition) is 2.